The van der Waals surface area contributed by atoms with Crippen LogP contribution in [0.5, 0.6) is 0 Å². The summed E-state index contributed by atoms with van der Waals surface area (Å²) in [5.41, 5.74) is 0.827. The summed E-state index contributed by atoms with van der Waals surface area (Å²) in [6.45, 7) is 1.55. The number of carboxylic acids is 1. The van der Waals surface area contributed by atoms with Crippen LogP contribution in [-0.2, 0) is 11.3 Å². The summed E-state index contributed by atoms with van der Waals surface area (Å²) < 4.78 is 4.95. The van der Waals surface area contributed by atoms with Crippen LogP contribution in [0.15, 0.2) is 28.8 Å². The number of carboxylic acid groups (broad SMARTS) is 1. The third kappa shape index (κ3) is 3.15. The number of carbonyl (C=O) groups is 2. The molecule has 2 rings (SSSR count). The molecule has 7 heteroatoms. The summed E-state index contributed by atoms with van der Waals surface area (Å²) >= 11 is 0. The molecular formula is C12H11N3O4. The van der Waals surface area contributed by atoms with E-state index in [2.05, 4.69) is 15.5 Å². The lowest BCUT2D eigenvalue weighted by atomic mass is 10.1. The Kier molecular flexibility index (Phi) is 3.56. The molecule has 0 atom stereocenters. The van der Waals surface area contributed by atoms with E-state index in [1.165, 1.54) is 19.1 Å². The average Bonchev–Trinajstić information content (AvgIpc) is 2.85. The van der Waals surface area contributed by atoms with Crippen molar-refractivity contribution in [3.8, 4) is 11.4 Å². The van der Waals surface area contributed by atoms with Crippen LogP contribution in [0.25, 0.3) is 11.4 Å². The SMILES string of the molecule is CC(=O)NCc1nc(-c2ccc(C(=O)O)cc2)no1. The van der Waals surface area contributed by atoms with E-state index in [1.54, 1.807) is 12.1 Å². The van der Waals surface area contributed by atoms with Crippen LogP contribution in [0, 0.1) is 0 Å². The van der Waals surface area contributed by atoms with Gasteiger partial charge in [0.05, 0.1) is 12.1 Å². The van der Waals surface area contributed by atoms with Crippen molar-refractivity contribution in [1.29, 1.82) is 0 Å². The van der Waals surface area contributed by atoms with Gasteiger partial charge in [0.25, 0.3) is 0 Å². The number of rotatable bonds is 4. The maximum atomic E-state index is 10.7. The number of benzene rings is 1. The Balaban J connectivity index is 2.13. The highest BCUT2D eigenvalue weighted by Gasteiger charge is 2.10. The van der Waals surface area contributed by atoms with Crippen LogP contribution in [0.4, 0.5) is 0 Å². The van der Waals surface area contributed by atoms with E-state index in [9.17, 15) is 9.59 Å². The van der Waals surface area contributed by atoms with Crippen LogP contribution in [0.3, 0.4) is 0 Å². The van der Waals surface area contributed by atoms with Crippen molar-refractivity contribution in [2.24, 2.45) is 0 Å². The predicted molar refractivity (Wildman–Crippen MR) is 64.2 cm³/mol. The monoisotopic (exact) mass is 261 g/mol. The Bertz CT molecular complexity index is 604. The van der Waals surface area contributed by atoms with Crippen molar-refractivity contribution >= 4 is 11.9 Å². The molecule has 1 aromatic heterocycles. The molecule has 19 heavy (non-hydrogen) atoms. The molecule has 0 unspecified atom stereocenters. The van der Waals surface area contributed by atoms with E-state index in [4.69, 9.17) is 9.63 Å². The van der Waals surface area contributed by atoms with Crippen molar-refractivity contribution in [1.82, 2.24) is 15.5 Å². The van der Waals surface area contributed by atoms with E-state index >= 15 is 0 Å². The fourth-order valence-corrected chi connectivity index (χ4v) is 1.41. The van der Waals surface area contributed by atoms with E-state index in [-0.39, 0.29) is 23.9 Å². The molecule has 0 radical (unpaired) electrons. The quantitative estimate of drug-likeness (QED) is 0.852. The minimum Gasteiger partial charge on any atom is -0.478 e. The Hall–Kier alpha value is -2.70. The summed E-state index contributed by atoms with van der Waals surface area (Å²) in [7, 11) is 0. The molecule has 7 nitrogen and oxygen atoms in total. The molecule has 0 aliphatic rings. The van der Waals surface area contributed by atoms with Crippen LogP contribution in [-0.4, -0.2) is 27.1 Å². The van der Waals surface area contributed by atoms with Gasteiger partial charge in [-0.15, -0.1) is 0 Å². The second-order valence-electron chi connectivity index (χ2n) is 3.80. The molecule has 1 heterocycles. The first kappa shape index (κ1) is 12.7. The number of aromatic nitrogens is 2. The highest BCUT2D eigenvalue weighted by molar-refractivity contribution is 5.88. The smallest absolute Gasteiger partial charge is 0.335 e. The van der Waals surface area contributed by atoms with Gasteiger partial charge in [0, 0.05) is 12.5 Å². The van der Waals surface area contributed by atoms with Gasteiger partial charge >= 0.3 is 5.97 Å². The van der Waals surface area contributed by atoms with E-state index < -0.39 is 5.97 Å². The third-order valence-electron chi connectivity index (χ3n) is 2.35. The summed E-state index contributed by atoms with van der Waals surface area (Å²) in [6, 6.07) is 6.11. The highest BCUT2D eigenvalue weighted by atomic mass is 16.5. The molecule has 0 saturated heterocycles. The predicted octanol–water partition coefficient (Wildman–Crippen LogP) is 1.07. The maximum Gasteiger partial charge on any atom is 0.335 e. The number of amides is 1. The Morgan fingerprint density at radius 1 is 1.32 bits per heavy atom. The number of aromatic carboxylic acids is 1. The average molecular weight is 261 g/mol. The van der Waals surface area contributed by atoms with E-state index in [0.29, 0.717) is 11.4 Å². The second kappa shape index (κ2) is 5.30. The zero-order chi connectivity index (χ0) is 13.8. The van der Waals surface area contributed by atoms with Gasteiger partial charge in [-0.1, -0.05) is 17.3 Å². The largest absolute Gasteiger partial charge is 0.478 e. The molecule has 2 aromatic rings. The Morgan fingerprint density at radius 2 is 2.00 bits per heavy atom. The highest BCUT2D eigenvalue weighted by Crippen LogP contribution is 2.16. The van der Waals surface area contributed by atoms with Crippen LogP contribution >= 0.6 is 0 Å². The zero-order valence-electron chi connectivity index (χ0n) is 10.1. The molecule has 1 aromatic carbocycles. The first-order valence-corrected chi connectivity index (χ1v) is 5.47. The molecule has 0 fully saturated rings. The number of nitrogens with zero attached hydrogens (tertiary/aromatic N) is 2. The summed E-state index contributed by atoms with van der Waals surface area (Å²) in [4.78, 5) is 25.5. The van der Waals surface area contributed by atoms with Gasteiger partial charge in [-0.05, 0) is 12.1 Å². The van der Waals surface area contributed by atoms with E-state index in [0.717, 1.165) is 0 Å². The fraction of sp³-hybridized carbons (Fsp3) is 0.167. The number of hydrogen-bond acceptors (Lipinski definition) is 5. The van der Waals surface area contributed by atoms with Gasteiger partial charge in [0.15, 0.2) is 0 Å². The molecule has 0 aliphatic carbocycles. The number of nitrogens with one attached hydrogen (secondary N) is 1. The molecule has 0 spiro atoms. The minimum atomic E-state index is -0.994. The van der Waals surface area contributed by atoms with E-state index in [1.807, 2.05) is 0 Å². The number of carbonyl (C=O) groups excluding carboxylic acids is 1. The lowest BCUT2D eigenvalue weighted by Gasteiger charge is -1.96. The van der Waals surface area contributed by atoms with Gasteiger partial charge < -0.3 is 14.9 Å². The maximum absolute atomic E-state index is 10.7. The van der Waals surface area contributed by atoms with Gasteiger partial charge in [-0.3, -0.25) is 4.79 Å². The summed E-state index contributed by atoms with van der Waals surface area (Å²) in [5.74, 6) is -0.554. The van der Waals surface area contributed by atoms with Gasteiger partial charge in [-0.25, -0.2) is 4.79 Å². The zero-order valence-corrected chi connectivity index (χ0v) is 10.1. The van der Waals surface area contributed by atoms with Crippen LogP contribution in [0.2, 0.25) is 0 Å². The Labute approximate surface area is 108 Å². The Morgan fingerprint density at radius 3 is 2.58 bits per heavy atom. The molecule has 2 N–H and O–H groups in total. The van der Waals surface area contributed by atoms with Gasteiger partial charge in [-0.2, -0.15) is 4.98 Å². The van der Waals surface area contributed by atoms with Gasteiger partial charge in [0.2, 0.25) is 17.6 Å². The molecule has 0 saturated carbocycles. The van der Waals surface area contributed by atoms with Crippen molar-refractivity contribution in [2.75, 3.05) is 0 Å². The molecular weight excluding hydrogens is 250 g/mol. The van der Waals surface area contributed by atoms with Crippen LogP contribution < -0.4 is 5.32 Å². The lowest BCUT2D eigenvalue weighted by molar-refractivity contribution is -0.119. The second-order valence-corrected chi connectivity index (χ2v) is 3.80. The standard InChI is InChI=1S/C12H11N3O4/c1-7(16)13-6-10-14-11(15-19-10)8-2-4-9(5-3-8)12(17)18/h2-5H,6H2,1H3,(H,13,16)(H,17,18). The number of hydrogen-bond donors (Lipinski definition) is 2. The molecule has 0 bridgehead atoms. The normalized spacial score (nSPS) is 10.2. The molecule has 0 aliphatic heterocycles. The third-order valence-corrected chi connectivity index (χ3v) is 2.35. The first-order chi connectivity index (χ1) is 9.06. The minimum absolute atomic E-state index is 0.162. The van der Waals surface area contributed by atoms with Crippen molar-refractivity contribution < 1.29 is 19.2 Å². The van der Waals surface area contributed by atoms with Crippen LogP contribution in [0.1, 0.15) is 23.2 Å². The first-order valence-electron chi connectivity index (χ1n) is 5.47. The lowest BCUT2D eigenvalue weighted by Crippen LogP contribution is -2.18. The molecule has 1 amide bonds. The van der Waals surface area contributed by atoms with Crippen molar-refractivity contribution in [3.05, 3.63) is 35.7 Å². The summed E-state index contributed by atoms with van der Waals surface area (Å²) in [5, 5.41) is 15.1. The topological polar surface area (TPSA) is 105 Å². The summed E-state index contributed by atoms with van der Waals surface area (Å²) in [6.07, 6.45) is 0. The van der Waals surface area contributed by atoms with Crippen molar-refractivity contribution in [3.63, 3.8) is 0 Å². The van der Waals surface area contributed by atoms with Gasteiger partial charge in [0.1, 0.15) is 0 Å². The van der Waals surface area contributed by atoms with Crippen molar-refractivity contribution in [2.45, 2.75) is 13.5 Å². The molecule has 98 valence electrons. The fourth-order valence-electron chi connectivity index (χ4n) is 1.41.